The predicted octanol–water partition coefficient (Wildman–Crippen LogP) is 4.46. The predicted molar refractivity (Wildman–Crippen MR) is 102 cm³/mol. The molecule has 0 radical (unpaired) electrons. The van der Waals surface area contributed by atoms with Gasteiger partial charge in [0.2, 0.25) is 5.76 Å². The van der Waals surface area contributed by atoms with Gasteiger partial charge in [0.25, 0.3) is 5.91 Å². The lowest BCUT2D eigenvalue weighted by atomic mass is 10.1. The monoisotopic (exact) mass is 385 g/mol. The number of aryl methyl sites for hydroxylation is 1. The van der Waals surface area contributed by atoms with E-state index < -0.39 is 23.8 Å². The number of furan rings is 1. The standard InChI is InChI=1S/C21H20FNO5/c1-4-26-17-11-6-5-10-16(17)23-20(24)13(3)27-21(25)18-12(2)14-8-7-9-15(22)19(14)28-18/h5-11,13H,4H2,1-3H3,(H,23,24). The van der Waals surface area contributed by atoms with Gasteiger partial charge in [-0.25, -0.2) is 9.18 Å². The molecule has 146 valence electrons. The van der Waals surface area contributed by atoms with Gasteiger partial charge >= 0.3 is 5.97 Å². The molecule has 1 amide bonds. The van der Waals surface area contributed by atoms with E-state index in [1.54, 1.807) is 37.3 Å². The van der Waals surface area contributed by atoms with E-state index >= 15 is 0 Å². The van der Waals surface area contributed by atoms with Crippen LogP contribution in [0.25, 0.3) is 11.0 Å². The van der Waals surface area contributed by atoms with E-state index in [0.717, 1.165) is 0 Å². The summed E-state index contributed by atoms with van der Waals surface area (Å²) >= 11 is 0. The van der Waals surface area contributed by atoms with Crippen molar-refractivity contribution in [3.8, 4) is 5.75 Å². The summed E-state index contributed by atoms with van der Waals surface area (Å²) in [6, 6.07) is 11.4. The van der Waals surface area contributed by atoms with Crippen LogP contribution >= 0.6 is 0 Å². The van der Waals surface area contributed by atoms with Gasteiger partial charge in [0, 0.05) is 10.9 Å². The Labute approximate surface area is 161 Å². The molecular weight excluding hydrogens is 365 g/mol. The Balaban J connectivity index is 1.73. The number of carbonyl (C=O) groups excluding carboxylic acids is 2. The van der Waals surface area contributed by atoms with Crippen molar-refractivity contribution in [3.05, 3.63) is 59.6 Å². The first-order chi connectivity index (χ1) is 13.4. The molecular formula is C21H20FNO5. The van der Waals surface area contributed by atoms with Crippen LogP contribution in [0.15, 0.2) is 46.9 Å². The summed E-state index contributed by atoms with van der Waals surface area (Å²) in [5.41, 5.74) is 0.905. The second-order valence-corrected chi connectivity index (χ2v) is 6.14. The van der Waals surface area contributed by atoms with E-state index in [1.165, 1.54) is 19.1 Å². The van der Waals surface area contributed by atoms with E-state index in [0.29, 0.717) is 29.0 Å². The number of hydrogen-bond donors (Lipinski definition) is 1. The number of hydrogen-bond acceptors (Lipinski definition) is 5. The number of benzene rings is 2. The summed E-state index contributed by atoms with van der Waals surface area (Å²) in [6.07, 6.45) is -1.10. The third-order valence-corrected chi connectivity index (χ3v) is 4.20. The number of nitrogens with one attached hydrogen (secondary N) is 1. The number of esters is 1. The van der Waals surface area contributed by atoms with Crippen molar-refractivity contribution in [1.82, 2.24) is 0 Å². The van der Waals surface area contributed by atoms with Crippen LogP contribution in [-0.4, -0.2) is 24.6 Å². The maximum Gasteiger partial charge on any atom is 0.375 e. The van der Waals surface area contributed by atoms with Crippen molar-refractivity contribution in [2.45, 2.75) is 26.9 Å². The molecule has 1 unspecified atom stereocenters. The molecule has 0 fully saturated rings. The maximum absolute atomic E-state index is 13.9. The number of para-hydroxylation sites is 3. The summed E-state index contributed by atoms with van der Waals surface area (Å²) in [5.74, 6) is -1.55. The highest BCUT2D eigenvalue weighted by Crippen LogP contribution is 2.28. The van der Waals surface area contributed by atoms with Crippen molar-refractivity contribution < 1.29 is 27.9 Å². The quantitative estimate of drug-likeness (QED) is 0.634. The zero-order chi connectivity index (χ0) is 20.3. The Bertz CT molecular complexity index is 1030. The second-order valence-electron chi connectivity index (χ2n) is 6.14. The molecule has 0 aliphatic heterocycles. The van der Waals surface area contributed by atoms with E-state index in [2.05, 4.69) is 5.32 Å². The molecule has 0 aliphatic carbocycles. The summed E-state index contributed by atoms with van der Waals surface area (Å²) in [5, 5.41) is 3.15. The van der Waals surface area contributed by atoms with Gasteiger partial charge in [-0.15, -0.1) is 0 Å². The Morgan fingerprint density at radius 1 is 1.18 bits per heavy atom. The van der Waals surface area contributed by atoms with Crippen molar-refractivity contribution in [2.24, 2.45) is 0 Å². The van der Waals surface area contributed by atoms with Crippen LogP contribution in [0.5, 0.6) is 5.75 Å². The number of rotatable bonds is 6. The molecule has 1 heterocycles. The minimum absolute atomic E-state index is 0.0188. The van der Waals surface area contributed by atoms with Gasteiger partial charge in [0.05, 0.1) is 12.3 Å². The lowest BCUT2D eigenvalue weighted by Gasteiger charge is -2.15. The SMILES string of the molecule is CCOc1ccccc1NC(=O)C(C)OC(=O)c1oc2c(F)cccc2c1C. The Kier molecular flexibility index (Phi) is 5.63. The van der Waals surface area contributed by atoms with Gasteiger partial charge in [0.15, 0.2) is 17.5 Å². The molecule has 6 nitrogen and oxygen atoms in total. The molecule has 1 N–H and O–H groups in total. The van der Waals surface area contributed by atoms with E-state index in [1.807, 2.05) is 6.92 Å². The summed E-state index contributed by atoms with van der Waals surface area (Å²) in [4.78, 5) is 24.9. The highest BCUT2D eigenvalue weighted by atomic mass is 19.1. The van der Waals surface area contributed by atoms with Gasteiger partial charge < -0.3 is 19.2 Å². The van der Waals surface area contributed by atoms with Crippen LogP contribution in [0.2, 0.25) is 0 Å². The zero-order valence-corrected chi connectivity index (χ0v) is 15.7. The van der Waals surface area contributed by atoms with Crippen LogP contribution in [0.3, 0.4) is 0 Å². The Morgan fingerprint density at radius 3 is 2.64 bits per heavy atom. The molecule has 1 aromatic heterocycles. The highest BCUT2D eigenvalue weighted by Gasteiger charge is 2.25. The van der Waals surface area contributed by atoms with Gasteiger partial charge in [-0.3, -0.25) is 4.79 Å². The van der Waals surface area contributed by atoms with Crippen LogP contribution in [-0.2, 0) is 9.53 Å². The van der Waals surface area contributed by atoms with Crippen LogP contribution < -0.4 is 10.1 Å². The van der Waals surface area contributed by atoms with Gasteiger partial charge in [-0.1, -0.05) is 24.3 Å². The molecule has 7 heteroatoms. The van der Waals surface area contributed by atoms with Crippen molar-refractivity contribution in [3.63, 3.8) is 0 Å². The third kappa shape index (κ3) is 3.83. The number of ether oxygens (including phenoxy) is 2. The molecule has 3 aromatic rings. The average Bonchev–Trinajstić information content (AvgIpc) is 3.02. The maximum atomic E-state index is 13.9. The lowest BCUT2D eigenvalue weighted by Crippen LogP contribution is -2.30. The first-order valence-electron chi connectivity index (χ1n) is 8.83. The van der Waals surface area contributed by atoms with Crippen LogP contribution in [0.1, 0.15) is 30.0 Å². The summed E-state index contributed by atoms with van der Waals surface area (Å²) in [7, 11) is 0. The molecule has 28 heavy (non-hydrogen) atoms. The Morgan fingerprint density at radius 2 is 1.93 bits per heavy atom. The first-order valence-corrected chi connectivity index (χ1v) is 8.83. The van der Waals surface area contributed by atoms with Crippen LogP contribution in [0.4, 0.5) is 10.1 Å². The highest BCUT2D eigenvalue weighted by molar-refractivity contribution is 6.00. The molecule has 0 spiro atoms. The molecule has 0 saturated carbocycles. The van der Waals surface area contributed by atoms with Gasteiger partial charge in [0.1, 0.15) is 5.75 Å². The smallest absolute Gasteiger partial charge is 0.375 e. The average molecular weight is 385 g/mol. The number of halogens is 1. The first kappa shape index (κ1) is 19.4. The molecule has 0 aliphatic rings. The minimum Gasteiger partial charge on any atom is -0.492 e. The molecule has 2 aromatic carbocycles. The van der Waals surface area contributed by atoms with E-state index in [4.69, 9.17) is 13.9 Å². The number of anilines is 1. The van der Waals surface area contributed by atoms with Crippen LogP contribution in [0, 0.1) is 12.7 Å². The number of amides is 1. The van der Waals surface area contributed by atoms with Crippen molar-refractivity contribution in [2.75, 3.05) is 11.9 Å². The fourth-order valence-electron chi connectivity index (χ4n) is 2.76. The summed E-state index contributed by atoms with van der Waals surface area (Å²) in [6.45, 7) is 5.35. The number of fused-ring (bicyclic) bond motifs is 1. The zero-order valence-electron chi connectivity index (χ0n) is 15.7. The van der Waals surface area contributed by atoms with Gasteiger partial charge in [-0.05, 0) is 39.0 Å². The minimum atomic E-state index is -1.10. The topological polar surface area (TPSA) is 77.8 Å². The van der Waals surface area contributed by atoms with Gasteiger partial charge in [-0.2, -0.15) is 0 Å². The number of carbonyl (C=O) groups is 2. The second kappa shape index (κ2) is 8.12. The lowest BCUT2D eigenvalue weighted by molar-refractivity contribution is -0.123. The third-order valence-electron chi connectivity index (χ3n) is 4.20. The molecule has 1 atom stereocenters. The van der Waals surface area contributed by atoms with E-state index in [9.17, 15) is 14.0 Å². The molecule has 0 saturated heterocycles. The normalized spacial score (nSPS) is 11.9. The largest absolute Gasteiger partial charge is 0.492 e. The van der Waals surface area contributed by atoms with Crippen molar-refractivity contribution >= 4 is 28.5 Å². The molecule has 0 bridgehead atoms. The fraction of sp³-hybridized carbons (Fsp3) is 0.238. The fourth-order valence-corrected chi connectivity index (χ4v) is 2.76. The van der Waals surface area contributed by atoms with Crippen molar-refractivity contribution in [1.29, 1.82) is 0 Å². The van der Waals surface area contributed by atoms with E-state index in [-0.39, 0.29) is 11.3 Å². The summed E-state index contributed by atoms with van der Waals surface area (Å²) < 4.78 is 29.9. The molecule has 3 rings (SSSR count). The Hall–Kier alpha value is -3.35.